The van der Waals surface area contributed by atoms with E-state index in [2.05, 4.69) is 65.0 Å². The van der Waals surface area contributed by atoms with Gasteiger partial charge in [0, 0.05) is 30.3 Å². The van der Waals surface area contributed by atoms with Crippen molar-refractivity contribution in [3.05, 3.63) is 57.6 Å². The minimum Gasteiger partial charge on any atom is -0.496 e. The Morgan fingerprint density at radius 2 is 1.75 bits per heavy atom. The molecule has 2 aromatic carbocycles. The zero-order chi connectivity index (χ0) is 17.3. The Morgan fingerprint density at radius 3 is 2.38 bits per heavy atom. The van der Waals surface area contributed by atoms with Crippen molar-refractivity contribution >= 4 is 15.9 Å². The summed E-state index contributed by atoms with van der Waals surface area (Å²) in [6, 6.07) is 13.4. The summed E-state index contributed by atoms with van der Waals surface area (Å²) in [5, 5.41) is 0. The average Bonchev–Trinajstić information content (AvgIpc) is 2.60. The maximum Gasteiger partial charge on any atom is 0.137 e. The normalized spacial score (nSPS) is 20.5. The van der Waals surface area contributed by atoms with Crippen LogP contribution in [0.1, 0.15) is 36.6 Å². The van der Waals surface area contributed by atoms with Crippen LogP contribution >= 0.6 is 15.9 Å². The number of hydrogen-bond donors (Lipinski definition) is 0. The number of halogens is 1. The molecule has 3 rings (SSSR count). The number of benzene rings is 2. The molecule has 0 N–H and O–H groups in total. The van der Waals surface area contributed by atoms with Gasteiger partial charge in [0.25, 0.3) is 0 Å². The van der Waals surface area contributed by atoms with Gasteiger partial charge in [-0.3, -0.25) is 4.90 Å². The third kappa shape index (κ3) is 3.05. The molecule has 1 heterocycles. The first-order valence-corrected chi connectivity index (χ1v) is 9.09. The first-order valence-electron chi connectivity index (χ1n) is 8.29. The molecule has 0 spiro atoms. The Morgan fingerprint density at radius 1 is 1.08 bits per heavy atom. The zero-order valence-electron chi connectivity index (χ0n) is 14.7. The number of rotatable bonds is 4. The number of nitrogens with zero attached hydrogens (tertiary/aromatic N) is 1. The number of hydrogen-bond acceptors (Lipinski definition) is 3. The average molecular weight is 390 g/mol. The third-order valence-electron chi connectivity index (χ3n) is 4.96. The van der Waals surface area contributed by atoms with Gasteiger partial charge in [-0.1, -0.05) is 30.3 Å². The van der Waals surface area contributed by atoms with Gasteiger partial charge in [0.15, 0.2) is 0 Å². The fraction of sp³-hybridized carbons (Fsp3) is 0.400. The predicted octanol–water partition coefficient (Wildman–Crippen LogP) is 4.97. The number of fused-ring (bicyclic) bond motifs is 1. The maximum atomic E-state index is 5.69. The monoisotopic (exact) mass is 389 g/mol. The second kappa shape index (κ2) is 7.16. The summed E-state index contributed by atoms with van der Waals surface area (Å²) in [6.07, 6.45) is 0.973. The fourth-order valence-corrected chi connectivity index (χ4v) is 4.35. The quantitative estimate of drug-likeness (QED) is 0.736. The van der Waals surface area contributed by atoms with E-state index in [0.29, 0.717) is 6.04 Å². The van der Waals surface area contributed by atoms with Crippen molar-refractivity contribution < 1.29 is 9.47 Å². The first kappa shape index (κ1) is 17.3. The summed E-state index contributed by atoms with van der Waals surface area (Å²) in [6.45, 7) is 5.50. The highest BCUT2D eigenvalue weighted by molar-refractivity contribution is 9.10. The molecule has 3 nitrogen and oxygen atoms in total. The minimum atomic E-state index is 0.279. The van der Waals surface area contributed by atoms with Crippen molar-refractivity contribution in [3.8, 4) is 11.5 Å². The van der Waals surface area contributed by atoms with E-state index < -0.39 is 0 Å². The standard InChI is InChI=1S/C20H24BrNO2/c1-13-10-16-19(17(23-3)11-18(24-4)20(16)21)14(2)22(13)12-15-8-6-5-7-9-15/h5-9,11,13-14H,10,12H2,1-4H3/t13-,14-/m1/s1. The third-order valence-corrected chi connectivity index (χ3v) is 5.83. The summed E-state index contributed by atoms with van der Waals surface area (Å²) < 4.78 is 12.2. The van der Waals surface area contributed by atoms with Crippen molar-refractivity contribution in [2.75, 3.05) is 14.2 Å². The van der Waals surface area contributed by atoms with E-state index in [4.69, 9.17) is 9.47 Å². The second-order valence-corrected chi connectivity index (χ2v) is 7.17. The molecular formula is C20H24BrNO2. The van der Waals surface area contributed by atoms with E-state index >= 15 is 0 Å². The van der Waals surface area contributed by atoms with E-state index in [1.807, 2.05) is 6.07 Å². The number of methoxy groups -OCH3 is 2. The molecule has 24 heavy (non-hydrogen) atoms. The Kier molecular flexibility index (Phi) is 5.16. The lowest BCUT2D eigenvalue weighted by Gasteiger charge is -2.41. The highest BCUT2D eigenvalue weighted by Gasteiger charge is 2.34. The molecule has 0 radical (unpaired) electrons. The van der Waals surface area contributed by atoms with Crippen LogP contribution in [0.2, 0.25) is 0 Å². The van der Waals surface area contributed by atoms with E-state index in [0.717, 1.165) is 28.9 Å². The molecule has 0 bridgehead atoms. The molecule has 0 saturated carbocycles. The van der Waals surface area contributed by atoms with Crippen LogP contribution in [0.3, 0.4) is 0 Å². The van der Waals surface area contributed by atoms with Gasteiger partial charge >= 0.3 is 0 Å². The molecule has 2 aromatic rings. The topological polar surface area (TPSA) is 21.7 Å². The van der Waals surface area contributed by atoms with E-state index in [1.54, 1.807) is 14.2 Å². The molecule has 4 heteroatoms. The van der Waals surface area contributed by atoms with Crippen LogP contribution in [0.25, 0.3) is 0 Å². The molecule has 128 valence electrons. The summed E-state index contributed by atoms with van der Waals surface area (Å²) >= 11 is 3.73. The molecule has 0 unspecified atom stereocenters. The van der Waals surface area contributed by atoms with Crippen molar-refractivity contribution in [1.29, 1.82) is 0 Å². The lowest BCUT2D eigenvalue weighted by Crippen LogP contribution is -2.40. The van der Waals surface area contributed by atoms with Gasteiger partial charge in [-0.25, -0.2) is 0 Å². The van der Waals surface area contributed by atoms with E-state index in [-0.39, 0.29) is 6.04 Å². The van der Waals surface area contributed by atoms with Crippen molar-refractivity contribution in [1.82, 2.24) is 4.90 Å². The molecule has 1 aliphatic rings. The largest absolute Gasteiger partial charge is 0.496 e. The van der Waals surface area contributed by atoms with Gasteiger partial charge < -0.3 is 9.47 Å². The minimum absolute atomic E-state index is 0.279. The van der Waals surface area contributed by atoms with Crippen LogP contribution in [-0.4, -0.2) is 25.2 Å². The van der Waals surface area contributed by atoms with E-state index in [1.165, 1.54) is 16.7 Å². The van der Waals surface area contributed by atoms with Gasteiger partial charge in [0.2, 0.25) is 0 Å². The lowest BCUT2D eigenvalue weighted by molar-refractivity contribution is 0.126. The molecule has 0 aromatic heterocycles. The van der Waals surface area contributed by atoms with Crippen LogP contribution in [0.5, 0.6) is 11.5 Å². The molecule has 0 fully saturated rings. The fourth-order valence-electron chi connectivity index (χ4n) is 3.70. The highest BCUT2D eigenvalue weighted by atomic mass is 79.9. The maximum absolute atomic E-state index is 5.69. The van der Waals surface area contributed by atoms with Gasteiger partial charge in [0.05, 0.1) is 18.7 Å². The molecule has 0 amide bonds. The lowest BCUT2D eigenvalue weighted by atomic mass is 9.88. The van der Waals surface area contributed by atoms with Gasteiger partial charge in [0.1, 0.15) is 11.5 Å². The van der Waals surface area contributed by atoms with E-state index in [9.17, 15) is 0 Å². The Bertz CT molecular complexity index is 717. The number of ether oxygens (including phenoxy) is 2. The zero-order valence-corrected chi connectivity index (χ0v) is 16.3. The summed E-state index contributed by atoms with van der Waals surface area (Å²) in [5.41, 5.74) is 3.90. The summed E-state index contributed by atoms with van der Waals surface area (Å²) in [7, 11) is 3.43. The van der Waals surface area contributed by atoms with Crippen molar-refractivity contribution in [3.63, 3.8) is 0 Å². The van der Waals surface area contributed by atoms with Crippen LogP contribution in [0.15, 0.2) is 40.9 Å². The molecular weight excluding hydrogens is 366 g/mol. The first-order chi connectivity index (χ1) is 11.6. The molecule has 0 aliphatic carbocycles. The van der Waals surface area contributed by atoms with Crippen LogP contribution < -0.4 is 9.47 Å². The van der Waals surface area contributed by atoms with Crippen LogP contribution in [0, 0.1) is 0 Å². The van der Waals surface area contributed by atoms with Crippen LogP contribution in [-0.2, 0) is 13.0 Å². The smallest absolute Gasteiger partial charge is 0.137 e. The molecule has 2 atom stereocenters. The SMILES string of the molecule is COc1cc(OC)c2c(c1Br)C[C@@H](C)N(Cc1ccccc1)[C@@H]2C. The Labute approximate surface area is 152 Å². The summed E-state index contributed by atoms with van der Waals surface area (Å²) in [4.78, 5) is 2.54. The summed E-state index contributed by atoms with van der Waals surface area (Å²) in [5.74, 6) is 1.74. The van der Waals surface area contributed by atoms with Gasteiger partial charge in [-0.05, 0) is 47.3 Å². The van der Waals surface area contributed by atoms with Crippen molar-refractivity contribution in [2.24, 2.45) is 0 Å². The van der Waals surface area contributed by atoms with Crippen LogP contribution in [0.4, 0.5) is 0 Å². The van der Waals surface area contributed by atoms with Crippen molar-refractivity contribution in [2.45, 2.75) is 38.9 Å². The second-order valence-electron chi connectivity index (χ2n) is 6.37. The predicted molar refractivity (Wildman–Crippen MR) is 101 cm³/mol. The molecule has 0 saturated heterocycles. The van der Waals surface area contributed by atoms with Gasteiger partial charge in [-0.15, -0.1) is 0 Å². The molecule has 1 aliphatic heterocycles. The Hall–Kier alpha value is -1.52. The Balaban J connectivity index is 2.02. The highest BCUT2D eigenvalue weighted by Crippen LogP contribution is 2.46. The van der Waals surface area contributed by atoms with Gasteiger partial charge in [-0.2, -0.15) is 0 Å².